The van der Waals surface area contributed by atoms with Crippen molar-refractivity contribution in [2.45, 2.75) is 27.3 Å². The standard InChI is InChI=1S/C18H18N4O5/c1-4-26-18(25)12-5-7-13(8-6-12)20-14(23)9-22-11(3)19-16-15(17(22)24)10(2)21-27-16/h5-8H,4,9H2,1-3H3,(H,20,23). The summed E-state index contributed by atoms with van der Waals surface area (Å²) >= 11 is 0. The van der Waals surface area contributed by atoms with Crippen LogP contribution in [0.4, 0.5) is 5.69 Å². The minimum atomic E-state index is -0.430. The van der Waals surface area contributed by atoms with Crippen molar-refractivity contribution in [1.82, 2.24) is 14.7 Å². The van der Waals surface area contributed by atoms with Crippen LogP contribution in [-0.4, -0.2) is 33.2 Å². The number of aromatic nitrogens is 3. The average Bonchev–Trinajstić information content (AvgIpc) is 3.00. The summed E-state index contributed by atoms with van der Waals surface area (Å²) in [5.41, 5.74) is 1.07. The summed E-state index contributed by atoms with van der Waals surface area (Å²) < 4.78 is 11.2. The first-order chi connectivity index (χ1) is 12.9. The van der Waals surface area contributed by atoms with E-state index in [1.54, 1.807) is 45.0 Å². The summed E-state index contributed by atoms with van der Waals surface area (Å²) in [6.07, 6.45) is 0. The van der Waals surface area contributed by atoms with Gasteiger partial charge in [0.2, 0.25) is 5.91 Å². The fourth-order valence-corrected chi connectivity index (χ4v) is 2.60. The van der Waals surface area contributed by atoms with Crippen LogP contribution < -0.4 is 10.9 Å². The van der Waals surface area contributed by atoms with E-state index in [1.807, 2.05) is 0 Å². The van der Waals surface area contributed by atoms with Crippen molar-refractivity contribution in [1.29, 1.82) is 0 Å². The molecule has 0 atom stereocenters. The molecule has 1 aromatic carbocycles. The van der Waals surface area contributed by atoms with Gasteiger partial charge in [-0.3, -0.25) is 14.2 Å². The maximum Gasteiger partial charge on any atom is 0.338 e. The van der Waals surface area contributed by atoms with Gasteiger partial charge < -0.3 is 14.6 Å². The van der Waals surface area contributed by atoms with E-state index in [1.165, 1.54) is 4.57 Å². The van der Waals surface area contributed by atoms with Crippen LogP contribution in [0.15, 0.2) is 33.6 Å². The van der Waals surface area contributed by atoms with E-state index < -0.39 is 11.9 Å². The van der Waals surface area contributed by atoms with Crippen molar-refractivity contribution in [2.75, 3.05) is 11.9 Å². The molecule has 0 aliphatic carbocycles. The van der Waals surface area contributed by atoms with Crippen molar-refractivity contribution in [3.63, 3.8) is 0 Å². The van der Waals surface area contributed by atoms with Gasteiger partial charge in [0.1, 0.15) is 17.8 Å². The number of fused-ring (bicyclic) bond motifs is 1. The van der Waals surface area contributed by atoms with Crippen LogP contribution in [0.5, 0.6) is 0 Å². The molecule has 0 spiro atoms. The van der Waals surface area contributed by atoms with Crippen LogP contribution in [-0.2, 0) is 16.1 Å². The molecule has 1 amide bonds. The third kappa shape index (κ3) is 3.71. The first-order valence-electron chi connectivity index (χ1n) is 8.31. The molecule has 0 saturated carbocycles. The molecule has 2 aromatic heterocycles. The Bertz CT molecular complexity index is 1070. The Labute approximate surface area is 153 Å². The molecule has 0 fully saturated rings. The highest BCUT2D eigenvalue weighted by Crippen LogP contribution is 2.13. The quantitative estimate of drug-likeness (QED) is 0.681. The second-order valence-electron chi connectivity index (χ2n) is 5.84. The van der Waals surface area contributed by atoms with Gasteiger partial charge in [-0.1, -0.05) is 5.16 Å². The Morgan fingerprint density at radius 1 is 1.22 bits per heavy atom. The highest BCUT2D eigenvalue weighted by atomic mass is 16.5. The number of hydrogen-bond acceptors (Lipinski definition) is 7. The number of nitrogens with zero attached hydrogens (tertiary/aromatic N) is 3. The lowest BCUT2D eigenvalue weighted by Crippen LogP contribution is -2.30. The van der Waals surface area contributed by atoms with Gasteiger partial charge in [-0.05, 0) is 45.0 Å². The van der Waals surface area contributed by atoms with E-state index >= 15 is 0 Å². The second kappa shape index (κ2) is 7.40. The lowest BCUT2D eigenvalue weighted by molar-refractivity contribution is -0.116. The number of amides is 1. The molecule has 0 aliphatic rings. The Balaban J connectivity index is 1.76. The molecule has 1 N–H and O–H groups in total. The minimum Gasteiger partial charge on any atom is -0.462 e. The monoisotopic (exact) mass is 370 g/mol. The number of carbonyl (C=O) groups is 2. The number of rotatable bonds is 5. The van der Waals surface area contributed by atoms with E-state index in [2.05, 4.69) is 15.5 Å². The minimum absolute atomic E-state index is 0.154. The molecule has 0 unspecified atom stereocenters. The Hall–Kier alpha value is -3.49. The van der Waals surface area contributed by atoms with E-state index in [0.717, 1.165) is 0 Å². The fourth-order valence-electron chi connectivity index (χ4n) is 2.60. The summed E-state index contributed by atoms with van der Waals surface area (Å²) in [4.78, 5) is 40.7. The third-order valence-corrected chi connectivity index (χ3v) is 3.94. The number of esters is 1. The van der Waals surface area contributed by atoms with Gasteiger partial charge in [0, 0.05) is 5.69 Å². The lowest BCUT2D eigenvalue weighted by atomic mass is 10.2. The van der Waals surface area contributed by atoms with Gasteiger partial charge >= 0.3 is 5.97 Å². The van der Waals surface area contributed by atoms with Crippen LogP contribution in [0, 0.1) is 13.8 Å². The van der Waals surface area contributed by atoms with E-state index in [9.17, 15) is 14.4 Å². The first kappa shape index (κ1) is 18.3. The van der Waals surface area contributed by atoms with Gasteiger partial charge in [-0.25, -0.2) is 4.79 Å². The van der Waals surface area contributed by atoms with Gasteiger partial charge in [0.15, 0.2) is 0 Å². The van der Waals surface area contributed by atoms with Crippen molar-refractivity contribution in [2.24, 2.45) is 0 Å². The van der Waals surface area contributed by atoms with Crippen molar-refractivity contribution < 1.29 is 18.8 Å². The number of ether oxygens (including phenoxy) is 1. The van der Waals surface area contributed by atoms with Crippen LogP contribution in [0.3, 0.4) is 0 Å². The average molecular weight is 370 g/mol. The van der Waals surface area contributed by atoms with Crippen LogP contribution >= 0.6 is 0 Å². The number of aryl methyl sites for hydroxylation is 2. The number of carbonyl (C=O) groups excluding carboxylic acids is 2. The van der Waals surface area contributed by atoms with Gasteiger partial charge in [-0.2, -0.15) is 4.98 Å². The van der Waals surface area contributed by atoms with Gasteiger partial charge in [0.25, 0.3) is 11.3 Å². The molecule has 3 rings (SSSR count). The predicted molar refractivity (Wildman–Crippen MR) is 96.6 cm³/mol. The number of nitrogens with one attached hydrogen (secondary N) is 1. The summed E-state index contributed by atoms with van der Waals surface area (Å²) in [5, 5.41) is 6.67. The second-order valence-corrected chi connectivity index (χ2v) is 5.84. The SMILES string of the molecule is CCOC(=O)c1ccc(NC(=O)Cn2c(C)nc3onc(C)c3c2=O)cc1. The summed E-state index contributed by atoms with van der Waals surface area (Å²) in [7, 11) is 0. The fraction of sp³-hybridized carbons (Fsp3) is 0.278. The topological polar surface area (TPSA) is 116 Å². The lowest BCUT2D eigenvalue weighted by Gasteiger charge is -2.10. The van der Waals surface area contributed by atoms with Crippen molar-refractivity contribution >= 4 is 28.7 Å². The van der Waals surface area contributed by atoms with Gasteiger partial charge in [-0.15, -0.1) is 0 Å². The predicted octanol–water partition coefficient (Wildman–Crippen LogP) is 1.82. The van der Waals surface area contributed by atoms with Crippen LogP contribution in [0.2, 0.25) is 0 Å². The smallest absolute Gasteiger partial charge is 0.338 e. The largest absolute Gasteiger partial charge is 0.462 e. The summed E-state index contributed by atoms with van der Waals surface area (Å²) in [5.74, 6) is -0.489. The molecule has 27 heavy (non-hydrogen) atoms. The maximum atomic E-state index is 12.6. The molecule has 140 valence electrons. The Morgan fingerprint density at radius 3 is 2.59 bits per heavy atom. The zero-order valence-corrected chi connectivity index (χ0v) is 15.1. The molecule has 0 bridgehead atoms. The van der Waals surface area contributed by atoms with Crippen LogP contribution in [0.25, 0.3) is 11.1 Å². The molecular weight excluding hydrogens is 352 g/mol. The van der Waals surface area contributed by atoms with Crippen molar-refractivity contribution in [3.05, 3.63) is 51.7 Å². The maximum absolute atomic E-state index is 12.6. The molecule has 0 radical (unpaired) electrons. The molecule has 0 aliphatic heterocycles. The molecule has 0 saturated heterocycles. The summed E-state index contributed by atoms with van der Waals surface area (Å²) in [6.45, 7) is 5.05. The number of benzene rings is 1. The van der Waals surface area contributed by atoms with Gasteiger partial charge in [0.05, 0.1) is 17.9 Å². The Kier molecular flexibility index (Phi) is 5.02. The molecular formula is C18H18N4O5. The molecule has 9 nitrogen and oxygen atoms in total. The number of anilines is 1. The number of hydrogen-bond donors (Lipinski definition) is 1. The molecule has 9 heteroatoms. The summed E-state index contributed by atoms with van der Waals surface area (Å²) in [6, 6.07) is 6.29. The Morgan fingerprint density at radius 2 is 1.93 bits per heavy atom. The van der Waals surface area contributed by atoms with Crippen molar-refractivity contribution in [3.8, 4) is 0 Å². The van der Waals surface area contributed by atoms with E-state index in [0.29, 0.717) is 22.8 Å². The molecule has 2 heterocycles. The van der Waals surface area contributed by atoms with E-state index in [4.69, 9.17) is 9.26 Å². The van der Waals surface area contributed by atoms with Crippen LogP contribution in [0.1, 0.15) is 28.8 Å². The zero-order chi connectivity index (χ0) is 19.6. The zero-order valence-electron chi connectivity index (χ0n) is 15.1. The molecule has 3 aromatic rings. The third-order valence-electron chi connectivity index (χ3n) is 3.94. The normalized spacial score (nSPS) is 10.8. The van der Waals surface area contributed by atoms with E-state index in [-0.39, 0.29) is 29.8 Å². The highest BCUT2D eigenvalue weighted by molar-refractivity contribution is 5.93. The first-order valence-corrected chi connectivity index (χ1v) is 8.31. The highest BCUT2D eigenvalue weighted by Gasteiger charge is 2.17.